The Kier molecular flexibility index (Phi) is 7.74. The molecule has 2 atom stereocenters. The number of piperidine rings is 1. The van der Waals surface area contributed by atoms with E-state index in [9.17, 15) is 4.79 Å². The first kappa shape index (κ1) is 21.1. The van der Waals surface area contributed by atoms with Crippen LogP contribution in [-0.4, -0.2) is 55.9 Å². The second-order valence-electron chi connectivity index (χ2n) is 8.73. The molecule has 5 heteroatoms. The van der Waals surface area contributed by atoms with Crippen LogP contribution in [0.1, 0.15) is 56.9 Å². The molecule has 2 unspecified atom stereocenters. The Balaban J connectivity index is 1.54. The van der Waals surface area contributed by atoms with Crippen LogP contribution in [-0.2, 0) is 16.0 Å². The number of ether oxygens (including phenoxy) is 2. The highest BCUT2D eigenvalue weighted by Gasteiger charge is 2.36. The molecule has 1 aliphatic heterocycles. The number of benzene rings is 1. The van der Waals surface area contributed by atoms with Crippen molar-refractivity contribution in [3.63, 3.8) is 0 Å². The summed E-state index contributed by atoms with van der Waals surface area (Å²) in [6.45, 7) is 3.39. The molecule has 156 valence electrons. The van der Waals surface area contributed by atoms with E-state index >= 15 is 0 Å². The Morgan fingerprint density at radius 3 is 2.54 bits per heavy atom. The summed E-state index contributed by atoms with van der Waals surface area (Å²) in [6, 6.07) is 8.47. The second-order valence-corrected chi connectivity index (χ2v) is 8.73. The minimum absolute atomic E-state index is 0.0227. The van der Waals surface area contributed by atoms with Crippen molar-refractivity contribution in [3.8, 4) is 5.75 Å². The first-order valence-corrected chi connectivity index (χ1v) is 11.0. The van der Waals surface area contributed by atoms with Gasteiger partial charge in [-0.3, -0.25) is 0 Å². The Morgan fingerprint density at radius 2 is 1.86 bits per heavy atom. The first-order chi connectivity index (χ1) is 13.6. The minimum atomic E-state index is -0.0227. The summed E-state index contributed by atoms with van der Waals surface area (Å²) in [6.07, 6.45) is 10.1. The van der Waals surface area contributed by atoms with Crippen molar-refractivity contribution < 1.29 is 18.8 Å². The number of hydrogen-bond acceptors (Lipinski definition) is 4. The maximum atomic E-state index is 12.7. The predicted octanol–water partition coefficient (Wildman–Crippen LogP) is 3.44. The molecule has 0 amide bonds. The quantitative estimate of drug-likeness (QED) is 0.546. The van der Waals surface area contributed by atoms with Crippen LogP contribution in [0.25, 0.3) is 0 Å². The number of aryl methyl sites for hydroxylation is 1. The number of nitrogens with zero attached hydrogens (tertiary/aromatic N) is 1. The zero-order valence-electron chi connectivity index (χ0n) is 17.4. The van der Waals surface area contributed by atoms with Crippen molar-refractivity contribution in [2.75, 3.05) is 33.3 Å². The molecule has 2 aliphatic rings. The van der Waals surface area contributed by atoms with Gasteiger partial charge in [0.1, 0.15) is 11.9 Å². The third-order valence-electron chi connectivity index (χ3n) is 6.40. The van der Waals surface area contributed by atoms with Crippen LogP contribution in [0, 0.1) is 0 Å². The van der Waals surface area contributed by atoms with E-state index in [1.807, 2.05) is 12.1 Å². The molecule has 1 heterocycles. The van der Waals surface area contributed by atoms with E-state index in [2.05, 4.69) is 12.1 Å². The number of rotatable bonds is 8. The average molecular weight is 390 g/mol. The van der Waals surface area contributed by atoms with Crippen molar-refractivity contribution in [1.82, 2.24) is 0 Å². The average Bonchev–Trinajstić information content (AvgIpc) is 2.69. The molecule has 0 aromatic heterocycles. The number of hydrogen-bond donors (Lipinski definition) is 1. The number of methoxy groups -OCH3 is 1. The Hall–Kier alpha value is -1.59. The zero-order valence-corrected chi connectivity index (χ0v) is 17.4. The number of nitrogens with two attached hydrogens (primary N) is 1. The third-order valence-corrected chi connectivity index (χ3v) is 6.40. The predicted molar refractivity (Wildman–Crippen MR) is 111 cm³/mol. The van der Waals surface area contributed by atoms with Crippen LogP contribution in [0.5, 0.6) is 5.75 Å². The van der Waals surface area contributed by atoms with Gasteiger partial charge in [-0.25, -0.2) is 4.79 Å². The van der Waals surface area contributed by atoms with Crippen LogP contribution >= 0.6 is 0 Å². The molecule has 28 heavy (non-hydrogen) atoms. The van der Waals surface area contributed by atoms with Gasteiger partial charge in [0, 0.05) is 6.42 Å². The number of likely N-dealkylation sites (tertiary alicyclic amines) is 1. The minimum Gasteiger partial charge on any atom is -0.497 e. The van der Waals surface area contributed by atoms with E-state index in [4.69, 9.17) is 15.2 Å². The van der Waals surface area contributed by atoms with Crippen molar-refractivity contribution >= 4 is 5.97 Å². The van der Waals surface area contributed by atoms with Crippen LogP contribution in [0.4, 0.5) is 0 Å². The van der Waals surface area contributed by atoms with Gasteiger partial charge in [-0.15, -0.1) is 0 Å². The molecule has 1 aromatic carbocycles. The van der Waals surface area contributed by atoms with Gasteiger partial charge in [0.25, 0.3) is 0 Å². The summed E-state index contributed by atoms with van der Waals surface area (Å²) in [4.78, 5) is 12.7. The van der Waals surface area contributed by atoms with Gasteiger partial charge in [-0.05, 0) is 62.6 Å². The lowest BCUT2D eigenvalue weighted by molar-refractivity contribution is -0.926. The van der Waals surface area contributed by atoms with Crippen LogP contribution in [0.15, 0.2) is 24.3 Å². The van der Waals surface area contributed by atoms with Crippen LogP contribution < -0.4 is 10.5 Å². The normalized spacial score (nSPS) is 26.0. The molecule has 5 nitrogen and oxygen atoms in total. The fraction of sp³-hybridized carbons (Fsp3) is 0.696. The molecule has 1 aromatic rings. The molecule has 2 fully saturated rings. The summed E-state index contributed by atoms with van der Waals surface area (Å²) in [5, 5.41) is 0. The summed E-state index contributed by atoms with van der Waals surface area (Å²) in [5.74, 6) is 0.866. The molecule has 0 radical (unpaired) electrons. The number of carbonyl (C=O) groups excluding carboxylic acids is 1. The maximum absolute atomic E-state index is 12.7. The van der Waals surface area contributed by atoms with Gasteiger partial charge >= 0.3 is 5.97 Å². The summed E-state index contributed by atoms with van der Waals surface area (Å²) in [5.41, 5.74) is 7.61. The highest BCUT2D eigenvalue weighted by Crippen LogP contribution is 2.23. The lowest BCUT2D eigenvalue weighted by Crippen LogP contribution is -2.60. The zero-order chi connectivity index (χ0) is 19.8. The lowest BCUT2D eigenvalue weighted by atomic mass is 9.98. The summed E-state index contributed by atoms with van der Waals surface area (Å²) in [7, 11) is 1.69. The van der Waals surface area contributed by atoms with E-state index < -0.39 is 0 Å². The van der Waals surface area contributed by atoms with Crippen LogP contribution in [0.3, 0.4) is 0 Å². The molecule has 3 rings (SSSR count). The summed E-state index contributed by atoms with van der Waals surface area (Å²) >= 11 is 0. The van der Waals surface area contributed by atoms with Crippen molar-refractivity contribution in [2.24, 2.45) is 5.73 Å². The molecule has 1 saturated carbocycles. The van der Waals surface area contributed by atoms with Gasteiger partial charge in [-0.1, -0.05) is 18.6 Å². The number of esters is 1. The SMILES string of the molecule is COc1ccc(CCC[N+]2(CC(=O)OC3CCCCC3)CCCC(N)C2)cc1. The monoisotopic (exact) mass is 389 g/mol. The molecule has 0 bridgehead atoms. The Bertz CT molecular complexity index is 613. The number of carbonyl (C=O) groups is 1. The molecule has 0 spiro atoms. The van der Waals surface area contributed by atoms with Crippen molar-refractivity contribution in [3.05, 3.63) is 29.8 Å². The molecule has 1 aliphatic carbocycles. The van der Waals surface area contributed by atoms with Gasteiger partial charge < -0.3 is 19.7 Å². The molecular weight excluding hydrogens is 352 g/mol. The molecule has 2 N–H and O–H groups in total. The van der Waals surface area contributed by atoms with E-state index in [-0.39, 0.29) is 18.1 Å². The Labute approximate surface area is 169 Å². The van der Waals surface area contributed by atoms with E-state index in [0.29, 0.717) is 6.54 Å². The van der Waals surface area contributed by atoms with E-state index in [1.165, 1.54) is 24.8 Å². The van der Waals surface area contributed by atoms with Gasteiger partial charge in [-0.2, -0.15) is 0 Å². The fourth-order valence-corrected chi connectivity index (χ4v) is 4.89. The van der Waals surface area contributed by atoms with Crippen molar-refractivity contribution in [2.45, 2.75) is 69.9 Å². The van der Waals surface area contributed by atoms with E-state index in [0.717, 1.165) is 68.4 Å². The molecule has 1 saturated heterocycles. The lowest BCUT2D eigenvalue weighted by Gasteiger charge is -2.43. The smallest absolute Gasteiger partial charge is 0.362 e. The largest absolute Gasteiger partial charge is 0.497 e. The van der Waals surface area contributed by atoms with Crippen LogP contribution in [0.2, 0.25) is 0 Å². The van der Waals surface area contributed by atoms with Crippen molar-refractivity contribution in [1.29, 1.82) is 0 Å². The second kappa shape index (κ2) is 10.3. The number of quaternary nitrogens is 1. The van der Waals surface area contributed by atoms with E-state index in [1.54, 1.807) is 7.11 Å². The fourth-order valence-electron chi connectivity index (χ4n) is 4.89. The van der Waals surface area contributed by atoms with Gasteiger partial charge in [0.2, 0.25) is 0 Å². The Morgan fingerprint density at radius 1 is 1.11 bits per heavy atom. The highest BCUT2D eigenvalue weighted by molar-refractivity contribution is 5.70. The summed E-state index contributed by atoms with van der Waals surface area (Å²) < 4.78 is 11.9. The standard InChI is InChI=1S/C23H37N2O3/c1-27-21-13-11-19(12-14-21)7-5-15-25(16-6-8-20(24)17-25)18-23(26)28-22-9-3-2-4-10-22/h11-14,20,22H,2-10,15-18,24H2,1H3/q+1. The van der Waals surface area contributed by atoms with Gasteiger partial charge in [0.05, 0.1) is 32.8 Å². The topological polar surface area (TPSA) is 61.5 Å². The highest BCUT2D eigenvalue weighted by atomic mass is 16.5. The molecular formula is C23H37N2O3+. The maximum Gasteiger partial charge on any atom is 0.362 e. The third kappa shape index (κ3) is 6.21. The first-order valence-electron chi connectivity index (χ1n) is 11.0. The van der Waals surface area contributed by atoms with Gasteiger partial charge in [0.15, 0.2) is 6.54 Å².